The van der Waals surface area contributed by atoms with E-state index in [0.29, 0.717) is 29.0 Å². The van der Waals surface area contributed by atoms with Crippen LogP contribution in [0.25, 0.3) is 22.6 Å². The molecule has 0 bridgehead atoms. The topological polar surface area (TPSA) is 101 Å². The van der Waals surface area contributed by atoms with Gasteiger partial charge in [0, 0.05) is 17.5 Å². The summed E-state index contributed by atoms with van der Waals surface area (Å²) in [6.07, 6.45) is 0.496. The lowest BCUT2D eigenvalue weighted by Gasteiger charge is -2.21. The molecule has 2 aromatic carbocycles. The molecule has 27 heavy (non-hydrogen) atoms. The molecule has 1 saturated heterocycles. The minimum Gasteiger partial charge on any atom is -0.436 e. The predicted octanol–water partition coefficient (Wildman–Crippen LogP) is 2.34. The van der Waals surface area contributed by atoms with Crippen LogP contribution in [0.2, 0.25) is 0 Å². The third-order valence-corrected chi connectivity index (χ3v) is 4.57. The molecule has 0 spiro atoms. The first-order chi connectivity index (χ1) is 13.0. The number of benzene rings is 2. The molecule has 7 heteroatoms. The zero-order chi connectivity index (χ0) is 19.0. The van der Waals surface area contributed by atoms with Crippen molar-refractivity contribution >= 4 is 28.8 Å². The first-order valence-electron chi connectivity index (χ1n) is 8.62. The Kier molecular flexibility index (Phi) is 4.19. The maximum absolute atomic E-state index is 12.5. The lowest BCUT2D eigenvalue weighted by atomic mass is 10.1. The van der Waals surface area contributed by atoms with E-state index >= 15 is 0 Å². The van der Waals surface area contributed by atoms with E-state index in [-0.39, 0.29) is 12.3 Å². The molecule has 2 N–H and O–H groups in total. The molecular formula is C20H17N3O4. The molecule has 136 valence electrons. The Labute approximate surface area is 154 Å². The van der Waals surface area contributed by atoms with Gasteiger partial charge in [0.2, 0.25) is 17.7 Å². The number of oxazole rings is 1. The minimum absolute atomic E-state index is 0.206. The van der Waals surface area contributed by atoms with Crippen LogP contribution in [-0.4, -0.2) is 28.7 Å². The summed E-state index contributed by atoms with van der Waals surface area (Å²) in [6.45, 7) is 1.98. The fraction of sp³-hybridized carbons (Fsp3) is 0.200. The zero-order valence-corrected chi connectivity index (χ0v) is 14.6. The Bertz CT molecular complexity index is 1070. The van der Waals surface area contributed by atoms with Gasteiger partial charge < -0.3 is 9.73 Å². The van der Waals surface area contributed by atoms with Gasteiger partial charge in [-0.15, -0.1) is 0 Å². The summed E-state index contributed by atoms with van der Waals surface area (Å²) in [5.74, 6) is -0.717. The van der Waals surface area contributed by atoms with Crippen LogP contribution in [0.4, 0.5) is 0 Å². The monoisotopic (exact) mass is 363 g/mol. The van der Waals surface area contributed by atoms with Crippen molar-refractivity contribution in [2.75, 3.05) is 0 Å². The second kappa shape index (κ2) is 6.68. The van der Waals surface area contributed by atoms with Crippen LogP contribution in [0.5, 0.6) is 0 Å². The number of carbonyl (C=O) groups excluding carboxylic acids is 3. The zero-order valence-electron chi connectivity index (χ0n) is 14.6. The smallest absolute Gasteiger partial charge is 0.252 e. The second-order valence-electron chi connectivity index (χ2n) is 6.49. The van der Waals surface area contributed by atoms with Crippen LogP contribution in [0.1, 0.15) is 28.8 Å². The molecular weight excluding hydrogens is 346 g/mol. The number of rotatable bonds is 3. The Morgan fingerprint density at radius 3 is 2.81 bits per heavy atom. The third kappa shape index (κ3) is 3.31. The molecule has 1 aliphatic rings. The average molecular weight is 363 g/mol. The summed E-state index contributed by atoms with van der Waals surface area (Å²) in [4.78, 5) is 40.0. The second-order valence-corrected chi connectivity index (χ2v) is 6.49. The van der Waals surface area contributed by atoms with Gasteiger partial charge in [-0.2, -0.15) is 0 Å². The van der Waals surface area contributed by atoms with E-state index in [1.807, 2.05) is 31.2 Å². The van der Waals surface area contributed by atoms with Gasteiger partial charge in [-0.1, -0.05) is 18.2 Å². The largest absolute Gasteiger partial charge is 0.436 e. The summed E-state index contributed by atoms with van der Waals surface area (Å²) < 4.78 is 5.84. The number of imide groups is 1. The molecule has 2 heterocycles. The van der Waals surface area contributed by atoms with Crippen molar-refractivity contribution in [2.24, 2.45) is 0 Å². The number of fused-ring (bicyclic) bond motifs is 1. The van der Waals surface area contributed by atoms with E-state index in [1.54, 1.807) is 18.2 Å². The SMILES string of the molecule is Cc1ccccc1-c1nc2ccc(C(=O)NC3CCC(=O)NC3=O)cc2o1. The van der Waals surface area contributed by atoms with Crippen LogP contribution >= 0.6 is 0 Å². The lowest BCUT2D eigenvalue weighted by molar-refractivity contribution is -0.134. The average Bonchev–Trinajstić information content (AvgIpc) is 3.07. The van der Waals surface area contributed by atoms with Gasteiger partial charge in [0.15, 0.2) is 5.58 Å². The highest BCUT2D eigenvalue weighted by Crippen LogP contribution is 2.27. The highest BCUT2D eigenvalue weighted by molar-refractivity contribution is 6.04. The van der Waals surface area contributed by atoms with Gasteiger partial charge in [-0.3, -0.25) is 19.7 Å². The summed E-state index contributed by atoms with van der Waals surface area (Å²) in [5.41, 5.74) is 3.43. The Morgan fingerprint density at radius 2 is 2.04 bits per heavy atom. The molecule has 0 radical (unpaired) electrons. The molecule has 3 amide bonds. The summed E-state index contributed by atoms with van der Waals surface area (Å²) in [5, 5.41) is 4.87. The Morgan fingerprint density at radius 1 is 1.22 bits per heavy atom. The van der Waals surface area contributed by atoms with Crippen LogP contribution in [0, 0.1) is 6.92 Å². The minimum atomic E-state index is -0.719. The number of hydrogen-bond acceptors (Lipinski definition) is 5. The molecule has 1 unspecified atom stereocenters. The first-order valence-corrected chi connectivity index (χ1v) is 8.62. The van der Waals surface area contributed by atoms with Crippen LogP contribution < -0.4 is 10.6 Å². The van der Waals surface area contributed by atoms with E-state index in [1.165, 1.54) is 0 Å². The van der Waals surface area contributed by atoms with Crippen LogP contribution in [0.3, 0.4) is 0 Å². The highest BCUT2D eigenvalue weighted by Gasteiger charge is 2.28. The molecule has 4 rings (SSSR count). The maximum Gasteiger partial charge on any atom is 0.252 e. The standard InChI is InChI=1S/C20H17N3O4/c1-11-4-2-3-5-13(11)20-22-14-7-6-12(10-16(14)27-20)18(25)21-15-8-9-17(24)23-19(15)26/h2-7,10,15H,8-9H2,1H3,(H,21,25)(H,23,24,26). The summed E-state index contributed by atoms with van der Waals surface area (Å²) >= 11 is 0. The molecule has 3 aromatic rings. The van der Waals surface area contributed by atoms with Crippen molar-refractivity contribution in [3.05, 3.63) is 53.6 Å². The number of nitrogens with one attached hydrogen (secondary N) is 2. The quantitative estimate of drug-likeness (QED) is 0.696. The van der Waals surface area contributed by atoms with Gasteiger partial charge in [-0.05, 0) is 43.2 Å². The van der Waals surface area contributed by atoms with Crippen molar-refractivity contribution in [1.82, 2.24) is 15.6 Å². The number of aromatic nitrogens is 1. The van der Waals surface area contributed by atoms with Crippen molar-refractivity contribution in [3.63, 3.8) is 0 Å². The third-order valence-electron chi connectivity index (χ3n) is 4.57. The van der Waals surface area contributed by atoms with Crippen LogP contribution in [0.15, 0.2) is 46.9 Å². The molecule has 1 atom stereocenters. The van der Waals surface area contributed by atoms with Crippen molar-refractivity contribution in [3.8, 4) is 11.5 Å². The fourth-order valence-electron chi connectivity index (χ4n) is 3.07. The molecule has 1 aromatic heterocycles. The van der Waals surface area contributed by atoms with Gasteiger partial charge >= 0.3 is 0 Å². The van der Waals surface area contributed by atoms with E-state index < -0.39 is 17.9 Å². The fourth-order valence-corrected chi connectivity index (χ4v) is 3.07. The van der Waals surface area contributed by atoms with Crippen molar-refractivity contribution in [2.45, 2.75) is 25.8 Å². The molecule has 1 aliphatic heterocycles. The number of amides is 3. The van der Waals surface area contributed by atoms with Gasteiger partial charge in [0.1, 0.15) is 11.6 Å². The summed E-state index contributed by atoms with van der Waals surface area (Å²) in [6, 6.07) is 12.0. The maximum atomic E-state index is 12.5. The normalized spacial score (nSPS) is 17.0. The predicted molar refractivity (Wildman–Crippen MR) is 97.8 cm³/mol. The van der Waals surface area contributed by atoms with Crippen molar-refractivity contribution in [1.29, 1.82) is 0 Å². The first kappa shape index (κ1) is 17.0. The number of nitrogens with zero attached hydrogens (tertiary/aromatic N) is 1. The Hall–Kier alpha value is -3.48. The van der Waals surface area contributed by atoms with E-state index in [4.69, 9.17) is 4.42 Å². The molecule has 7 nitrogen and oxygen atoms in total. The number of hydrogen-bond donors (Lipinski definition) is 2. The number of carbonyl (C=O) groups is 3. The highest BCUT2D eigenvalue weighted by atomic mass is 16.3. The van der Waals surface area contributed by atoms with Crippen molar-refractivity contribution < 1.29 is 18.8 Å². The molecule has 0 aliphatic carbocycles. The summed E-state index contributed by atoms with van der Waals surface area (Å²) in [7, 11) is 0. The van der Waals surface area contributed by atoms with Gasteiger partial charge in [0.05, 0.1) is 0 Å². The number of piperidine rings is 1. The lowest BCUT2D eigenvalue weighted by Crippen LogP contribution is -2.52. The van der Waals surface area contributed by atoms with Crippen LogP contribution in [-0.2, 0) is 9.59 Å². The van der Waals surface area contributed by atoms with Gasteiger partial charge in [0.25, 0.3) is 5.91 Å². The molecule has 1 fully saturated rings. The Balaban J connectivity index is 1.58. The van der Waals surface area contributed by atoms with E-state index in [9.17, 15) is 14.4 Å². The van der Waals surface area contributed by atoms with Gasteiger partial charge in [-0.25, -0.2) is 4.98 Å². The van der Waals surface area contributed by atoms with E-state index in [2.05, 4.69) is 15.6 Å². The molecule has 0 saturated carbocycles. The van der Waals surface area contributed by atoms with E-state index in [0.717, 1.165) is 11.1 Å². The number of aryl methyl sites for hydroxylation is 1.